The molecular formula is C24H23Br2ClN2O3S. The minimum atomic E-state index is -3.97. The van der Waals surface area contributed by atoms with Gasteiger partial charge >= 0.3 is 0 Å². The van der Waals surface area contributed by atoms with E-state index in [0.29, 0.717) is 16.3 Å². The first-order chi connectivity index (χ1) is 15.6. The summed E-state index contributed by atoms with van der Waals surface area (Å²) in [6.45, 7) is 3.51. The van der Waals surface area contributed by atoms with E-state index < -0.39 is 15.9 Å². The zero-order chi connectivity index (χ0) is 24.2. The Morgan fingerprint density at radius 2 is 1.67 bits per heavy atom. The zero-order valence-electron chi connectivity index (χ0n) is 18.1. The number of carbonyl (C=O) groups excluding carboxylic acids is 1. The van der Waals surface area contributed by atoms with E-state index in [4.69, 9.17) is 11.6 Å². The van der Waals surface area contributed by atoms with Crippen LogP contribution < -0.4 is 5.32 Å². The van der Waals surface area contributed by atoms with Gasteiger partial charge in [0.25, 0.3) is 0 Å². The van der Waals surface area contributed by atoms with Crippen LogP contribution in [-0.2, 0) is 27.8 Å². The molecule has 3 aromatic rings. The Balaban J connectivity index is 1.94. The van der Waals surface area contributed by atoms with Crippen molar-refractivity contribution in [3.05, 3.63) is 91.3 Å². The molecule has 0 atom stereocenters. The molecule has 5 nitrogen and oxygen atoms in total. The third-order valence-electron chi connectivity index (χ3n) is 5.10. The molecule has 174 valence electrons. The van der Waals surface area contributed by atoms with Crippen LogP contribution in [0.25, 0.3) is 0 Å². The summed E-state index contributed by atoms with van der Waals surface area (Å²) >= 11 is 13.1. The quantitative estimate of drug-likeness (QED) is 0.312. The molecule has 0 heterocycles. The lowest BCUT2D eigenvalue weighted by molar-refractivity contribution is -0.116. The van der Waals surface area contributed by atoms with Crippen LogP contribution >= 0.6 is 43.5 Å². The van der Waals surface area contributed by atoms with Gasteiger partial charge in [0.15, 0.2) is 0 Å². The second kappa shape index (κ2) is 11.1. The Morgan fingerprint density at radius 1 is 1.00 bits per heavy atom. The molecule has 0 aliphatic heterocycles. The number of nitrogens with zero attached hydrogens (tertiary/aromatic N) is 1. The van der Waals surface area contributed by atoms with Crippen molar-refractivity contribution >= 4 is 65.1 Å². The molecule has 0 spiro atoms. The van der Waals surface area contributed by atoms with E-state index >= 15 is 0 Å². The van der Waals surface area contributed by atoms with Crippen LogP contribution in [0.5, 0.6) is 0 Å². The SMILES string of the molecule is CCc1cc(Br)cc(C)c1NC(=O)CN(Cc1ccccc1Cl)S(=O)(=O)c1ccc(Br)cc1. The third-order valence-corrected chi connectivity index (χ3v) is 8.26. The lowest BCUT2D eigenvalue weighted by Gasteiger charge is -2.23. The molecule has 0 unspecified atom stereocenters. The van der Waals surface area contributed by atoms with Crippen molar-refractivity contribution < 1.29 is 13.2 Å². The van der Waals surface area contributed by atoms with Crippen molar-refractivity contribution in [1.82, 2.24) is 4.31 Å². The standard InChI is InChI=1S/C24H23Br2ClN2O3S/c1-3-17-13-20(26)12-16(2)24(17)28-23(30)15-29(14-18-6-4-5-7-22(18)27)33(31,32)21-10-8-19(25)9-11-21/h4-13H,3,14-15H2,1-2H3,(H,28,30). The van der Waals surface area contributed by atoms with E-state index in [1.165, 1.54) is 12.1 Å². The maximum atomic E-state index is 13.5. The smallest absolute Gasteiger partial charge is 0.243 e. The number of benzene rings is 3. The van der Waals surface area contributed by atoms with Crippen LogP contribution in [0.15, 0.2) is 74.5 Å². The molecule has 1 amide bonds. The van der Waals surface area contributed by atoms with E-state index in [1.54, 1.807) is 36.4 Å². The van der Waals surface area contributed by atoms with E-state index in [1.807, 2.05) is 26.0 Å². The fourth-order valence-corrected chi connectivity index (χ4v) is 5.86. The first-order valence-corrected chi connectivity index (χ1v) is 13.6. The Labute approximate surface area is 216 Å². The Morgan fingerprint density at radius 3 is 2.30 bits per heavy atom. The molecule has 1 N–H and O–H groups in total. The Hall–Kier alpha value is -1.71. The number of anilines is 1. The minimum Gasteiger partial charge on any atom is -0.324 e. The number of carbonyl (C=O) groups is 1. The molecule has 9 heteroatoms. The van der Waals surface area contributed by atoms with Gasteiger partial charge in [-0.2, -0.15) is 4.31 Å². The van der Waals surface area contributed by atoms with Gasteiger partial charge in [-0.1, -0.05) is 68.6 Å². The van der Waals surface area contributed by atoms with Gasteiger partial charge in [-0.3, -0.25) is 4.79 Å². The lowest BCUT2D eigenvalue weighted by Crippen LogP contribution is -2.37. The lowest BCUT2D eigenvalue weighted by atomic mass is 10.1. The number of nitrogens with one attached hydrogen (secondary N) is 1. The number of amides is 1. The van der Waals surface area contributed by atoms with Gasteiger partial charge in [-0.05, 0) is 72.5 Å². The summed E-state index contributed by atoms with van der Waals surface area (Å²) in [7, 11) is -3.97. The van der Waals surface area contributed by atoms with Crippen molar-refractivity contribution in [2.45, 2.75) is 31.7 Å². The van der Waals surface area contributed by atoms with Crippen LogP contribution in [0.1, 0.15) is 23.6 Å². The van der Waals surface area contributed by atoms with Crippen molar-refractivity contribution in [2.24, 2.45) is 0 Å². The predicted molar refractivity (Wildman–Crippen MR) is 140 cm³/mol. The van der Waals surface area contributed by atoms with Gasteiger partial charge in [0, 0.05) is 26.2 Å². The average Bonchev–Trinajstić information content (AvgIpc) is 2.76. The molecule has 0 bridgehead atoms. The number of hydrogen-bond donors (Lipinski definition) is 1. The Bertz CT molecular complexity index is 1270. The summed E-state index contributed by atoms with van der Waals surface area (Å²) in [6.07, 6.45) is 0.719. The summed E-state index contributed by atoms with van der Waals surface area (Å²) in [4.78, 5) is 13.2. The highest BCUT2D eigenvalue weighted by molar-refractivity contribution is 9.10. The normalized spacial score (nSPS) is 11.6. The highest BCUT2D eigenvalue weighted by atomic mass is 79.9. The molecule has 0 aromatic heterocycles. The maximum absolute atomic E-state index is 13.5. The van der Waals surface area contributed by atoms with Crippen molar-refractivity contribution in [3.63, 3.8) is 0 Å². The fourth-order valence-electron chi connectivity index (χ4n) is 3.41. The summed E-state index contributed by atoms with van der Waals surface area (Å²) in [5, 5.41) is 3.35. The largest absolute Gasteiger partial charge is 0.324 e. The number of sulfonamides is 1. The minimum absolute atomic E-state index is 0.0363. The van der Waals surface area contributed by atoms with Crippen molar-refractivity contribution in [2.75, 3.05) is 11.9 Å². The Kier molecular flexibility index (Phi) is 8.75. The van der Waals surface area contributed by atoms with Crippen LogP contribution in [0.2, 0.25) is 5.02 Å². The van der Waals surface area contributed by atoms with E-state index in [2.05, 4.69) is 37.2 Å². The summed E-state index contributed by atoms with van der Waals surface area (Å²) in [5.41, 5.74) is 3.16. The summed E-state index contributed by atoms with van der Waals surface area (Å²) < 4.78 is 29.8. The molecule has 3 rings (SSSR count). The number of hydrogen-bond acceptors (Lipinski definition) is 3. The molecule has 0 fully saturated rings. The van der Waals surface area contributed by atoms with Crippen LogP contribution in [-0.4, -0.2) is 25.2 Å². The molecule has 0 saturated heterocycles. The summed E-state index contributed by atoms with van der Waals surface area (Å²) in [5.74, 6) is -0.428. The first kappa shape index (κ1) is 25.9. The third kappa shape index (κ3) is 6.45. The maximum Gasteiger partial charge on any atom is 0.243 e. The molecule has 33 heavy (non-hydrogen) atoms. The fraction of sp³-hybridized carbons (Fsp3) is 0.208. The topological polar surface area (TPSA) is 66.5 Å². The molecule has 3 aromatic carbocycles. The number of rotatable bonds is 8. The average molecular weight is 615 g/mol. The van der Waals surface area contributed by atoms with Crippen LogP contribution in [0.3, 0.4) is 0 Å². The van der Waals surface area contributed by atoms with Gasteiger partial charge in [-0.15, -0.1) is 0 Å². The molecule has 0 radical (unpaired) electrons. The number of aryl methyl sites for hydroxylation is 2. The number of halogens is 3. The van der Waals surface area contributed by atoms with Crippen LogP contribution in [0, 0.1) is 6.92 Å². The monoisotopic (exact) mass is 612 g/mol. The zero-order valence-corrected chi connectivity index (χ0v) is 22.9. The van der Waals surface area contributed by atoms with Gasteiger partial charge in [-0.25, -0.2) is 8.42 Å². The first-order valence-electron chi connectivity index (χ1n) is 10.2. The highest BCUT2D eigenvalue weighted by Gasteiger charge is 2.28. The second-order valence-electron chi connectivity index (χ2n) is 7.48. The molecule has 0 aliphatic rings. The van der Waals surface area contributed by atoms with Gasteiger partial charge < -0.3 is 5.32 Å². The molecular weight excluding hydrogens is 592 g/mol. The van der Waals surface area contributed by atoms with E-state index in [-0.39, 0.29) is 18.0 Å². The van der Waals surface area contributed by atoms with Crippen molar-refractivity contribution in [1.29, 1.82) is 0 Å². The predicted octanol–water partition coefficient (Wildman–Crippen LogP) is 6.57. The van der Waals surface area contributed by atoms with Crippen molar-refractivity contribution in [3.8, 4) is 0 Å². The van der Waals surface area contributed by atoms with E-state index in [0.717, 1.165) is 30.8 Å². The second-order valence-corrected chi connectivity index (χ2v) is 11.7. The van der Waals surface area contributed by atoms with Crippen LogP contribution in [0.4, 0.5) is 5.69 Å². The van der Waals surface area contributed by atoms with Gasteiger partial charge in [0.2, 0.25) is 15.9 Å². The summed E-state index contributed by atoms with van der Waals surface area (Å²) in [6, 6.07) is 17.2. The molecule has 0 aliphatic carbocycles. The highest BCUT2D eigenvalue weighted by Crippen LogP contribution is 2.27. The van der Waals surface area contributed by atoms with Gasteiger partial charge in [0.1, 0.15) is 0 Å². The van der Waals surface area contributed by atoms with E-state index in [9.17, 15) is 13.2 Å². The molecule has 0 saturated carbocycles. The van der Waals surface area contributed by atoms with Gasteiger partial charge in [0.05, 0.1) is 11.4 Å².